The monoisotopic (exact) mass is 290 g/mol. The minimum atomic E-state index is -0.250. The molecule has 2 unspecified atom stereocenters. The summed E-state index contributed by atoms with van der Waals surface area (Å²) in [5.41, 5.74) is 1.07. The van der Waals surface area contributed by atoms with E-state index in [9.17, 15) is 5.11 Å². The number of anilines is 2. The molecule has 5 heteroatoms. The van der Waals surface area contributed by atoms with Gasteiger partial charge in [-0.3, -0.25) is 0 Å². The van der Waals surface area contributed by atoms with Crippen molar-refractivity contribution >= 4 is 11.6 Å². The number of nitrogens with zero attached hydrogens (tertiary/aromatic N) is 3. The third-order valence-corrected chi connectivity index (χ3v) is 4.84. The van der Waals surface area contributed by atoms with Gasteiger partial charge in [0.25, 0.3) is 0 Å². The van der Waals surface area contributed by atoms with Crippen LogP contribution in [0.25, 0.3) is 0 Å². The zero-order valence-electron chi connectivity index (χ0n) is 13.3. The molecule has 2 atom stereocenters. The lowest BCUT2D eigenvalue weighted by Gasteiger charge is -2.36. The average molecular weight is 290 g/mol. The molecule has 0 aliphatic heterocycles. The molecular weight excluding hydrogens is 264 g/mol. The van der Waals surface area contributed by atoms with E-state index >= 15 is 0 Å². The van der Waals surface area contributed by atoms with E-state index in [2.05, 4.69) is 29.2 Å². The minimum Gasteiger partial charge on any atom is -0.391 e. The van der Waals surface area contributed by atoms with Gasteiger partial charge in [-0.15, -0.1) is 0 Å². The Kier molecular flexibility index (Phi) is 4.02. The van der Waals surface area contributed by atoms with Gasteiger partial charge in [0.2, 0.25) is 0 Å². The molecule has 21 heavy (non-hydrogen) atoms. The SMILES string of the molecule is CNc1nc(C2CC2)nc(N(C)C2CCCCC2O)c1C. The molecule has 0 aromatic carbocycles. The molecule has 5 nitrogen and oxygen atoms in total. The van der Waals surface area contributed by atoms with Crippen molar-refractivity contribution < 1.29 is 5.11 Å². The van der Waals surface area contributed by atoms with Crippen LogP contribution in [0.2, 0.25) is 0 Å². The predicted molar refractivity (Wildman–Crippen MR) is 85.0 cm³/mol. The summed E-state index contributed by atoms with van der Waals surface area (Å²) in [6.45, 7) is 2.06. The van der Waals surface area contributed by atoms with Gasteiger partial charge in [0, 0.05) is 25.6 Å². The molecule has 3 rings (SSSR count). The van der Waals surface area contributed by atoms with Gasteiger partial charge in [-0.05, 0) is 32.6 Å². The van der Waals surface area contributed by atoms with Crippen molar-refractivity contribution in [1.29, 1.82) is 0 Å². The molecule has 1 aromatic rings. The first kappa shape index (κ1) is 14.6. The second kappa shape index (κ2) is 5.79. The zero-order chi connectivity index (χ0) is 15.0. The molecule has 0 saturated heterocycles. The van der Waals surface area contributed by atoms with Crippen LogP contribution in [0.1, 0.15) is 55.8 Å². The number of aromatic nitrogens is 2. The van der Waals surface area contributed by atoms with Crippen LogP contribution in [0.15, 0.2) is 0 Å². The topological polar surface area (TPSA) is 61.3 Å². The summed E-state index contributed by atoms with van der Waals surface area (Å²) in [4.78, 5) is 11.6. The fourth-order valence-corrected chi connectivity index (χ4v) is 3.33. The van der Waals surface area contributed by atoms with Gasteiger partial charge in [-0.2, -0.15) is 0 Å². The van der Waals surface area contributed by atoms with Crippen molar-refractivity contribution in [3.05, 3.63) is 11.4 Å². The van der Waals surface area contributed by atoms with Crippen LogP contribution < -0.4 is 10.2 Å². The van der Waals surface area contributed by atoms with Gasteiger partial charge in [0.1, 0.15) is 17.5 Å². The molecule has 0 amide bonds. The molecule has 2 saturated carbocycles. The molecule has 2 N–H and O–H groups in total. The van der Waals surface area contributed by atoms with E-state index in [1.54, 1.807) is 0 Å². The summed E-state index contributed by atoms with van der Waals surface area (Å²) >= 11 is 0. The predicted octanol–water partition coefficient (Wildman–Crippen LogP) is 2.44. The maximum absolute atomic E-state index is 10.3. The minimum absolute atomic E-state index is 0.170. The van der Waals surface area contributed by atoms with Gasteiger partial charge in [-0.1, -0.05) is 12.8 Å². The van der Waals surface area contributed by atoms with Gasteiger partial charge < -0.3 is 15.3 Å². The largest absolute Gasteiger partial charge is 0.391 e. The first-order chi connectivity index (χ1) is 10.1. The number of likely N-dealkylation sites (N-methyl/N-ethyl adjacent to an activating group) is 1. The van der Waals surface area contributed by atoms with Crippen molar-refractivity contribution in [2.45, 2.75) is 63.5 Å². The van der Waals surface area contributed by atoms with Crippen LogP contribution in [0, 0.1) is 6.92 Å². The van der Waals surface area contributed by atoms with Gasteiger partial charge in [-0.25, -0.2) is 9.97 Å². The third-order valence-electron chi connectivity index (χ3n) is 4.84. The fraction of sp³-hybridized carbons (Fsp3) is 0.750. The van der Waals surface area contributed by atoms with E-state index in [0.29, 0.717) is 5.92 Å². The summed E-state index contributed by atoms with van der Waals surface area (Å²) in [5, 5.41) is 13.5. The first-order valence-electron chi connectivity index (χ1n) is 8.09. The van der Waals surface area contributed by atoms with Crippen molar-refractivity contribution in [2.24, 2.45) is 0 Å². The maximum atomic E-state index is 10.3. The van der Waals surface area contributed by atoms with Crippen LogP contribution in [0.3, 0.4) is 0 Å². The van der Waals surface area contributed by atoms with Crippen LogP contribution in [0.5, 0.6) is 0 Å². The Hall–Kier alpha value is -1.36. The molecule has 0 bridgehead atoms. The summed E-state index contributed by atoms with van der Waals surface area (Å²) in [6.07, 6.45) is 6.39. The van der Waals surface area contributed by atoms with Crippen molar-refractivity contribution in [2.75, 3.05) is 24.3 Å². The Labute approximate surface area is 126 Å². The molecule has 2 aliphatic rings. The Morgan fingerprint density at radius 1 is 1.14 bits per heavy atom. The lowest BCUT2D eigenvalue weighted by molar-refractivity contribution is 0.106. The highest BCUT2D eigenvalue weighted by Gasteiger charge is 2.32. The Morgan fingerprint density at radius 2 is 1.86 bits per heavy atom. The second-order valence-electron chi connectivity index (χ2n) is 6.43. The van der Waals surface area contributed by atoms with E-state index in [1.165, 1.54) is 19.3 Å². The average Bonchev–Trinajstić information content (AvgIpc) is 3.32. The van der Waals surface area contributed by atoms with E-state index < -0.39 is 0 Å². The number of nitrogens with one attached hydrogen (secondary N) is 1. The number of rotatable bonds is 4. The van der Waals surface area contributed by atoms with Crippen molar-refractivity contribution in [3.8, 4) is 0 Å². The normalized spacial score (nSPS) is 25.7. The highest BCUT2D eigenvalue weighted by atomic mass is 16.3. The third kappa shape index (κ3) is 2.84. The van der Waals surface area contributed by atoms with E-state index in [-0.39, 0.29) is 12.1 Å². The lowest BCUT2D eigenvalue weighted by Crippen LogP contribution is -2.44. The molecule has 1 aromatic heterocycles. The second-order valence-corrected chi connectivity index (χ2v) is 6.43. The first-order valence-corrected chi connectivity index (χ1v) is 8.09. The number of aliphatic hydroxyl groups excluding tert-OH is 1. The maximum Gasteiger partial charge on any atom is 0.137 e. The number of hydrogen-bond donors (Lipinski definition) is 2. The fourth-order valence-electron chi connectivity index (χ4n) is 3.33. The van der Waals surface area contributed by atoms with Crippen LogP contribution in [0.4, 0.5) is 11.6 Å². The number of hydrogen-bond acceptors (Lipinski definition) is 5. The van der Waals surface area contributed by atoms with Crippen molar-refractivity contribution in [3.63, 3.8) is 0 Å². The summed E-state index contributed by atoms with van der Waals surface area (Å²) in [7, 11) is 3.97. The Bertz CT molecular complexity index is 515. The van der Waals surface area contributed by atoms with Crippen molar-refractivity contribution in [1.82, 2.24) is 9.97 Å². The van der Waals surface area contributed by atoms with E-state index in [4.69, 9.17) is 4.98 Å². The Morgan fingerprint density at radius 3 is 2.48 bits per heavy atom. The smallest absolute Gasteiger partial charge is 0.137 e. The molecule has 0 radical (unpaired) electrons. The van der Waals surface area contributed by atoms with E-state index in [0.717, 1.165) is 42.3 Å². The van der Waals surface area contributed by atoms with Crippen LogP contribution in [-0.2, 0) is 0 Å². The zero-order valence-corrected chi connectivity index (χ0v) is 13.3. The summed E-state index contributed by atoms with van der Waals surface area (Å²) < 4.78 is 0. The highest BCUT2D eigenvalue weighted by molar-refractivity contribution is 5.59. The standard InChI is InChI=1S/C16H26N4O/c1-10-14(17-2)18-15(11-8-9-11)19-16(10)20(3)12-6-4-5-7-13(12)21/h11-13,21H,4-9H2,1-3H3,(H,17,18,19). The molecule has 2 aliphatic carbocycles. The number of aliphatic hydroxyl groups is 1. The van der Waals surface area contributed by atoms with Crippen LogP contribution in [-0.4, -0.2) is 41.3 Å². The summed E-state index contributed by atoms with van der Waals surface area (Å²) in [6, 6.07) is 0.170. The lowest BCUT2D eigenvalue weighted by atomic mass is 9.91. The summed E-state index contributed by atoms with van der Waals surface area (Å²) in [5.74, 6) is 3.37. The van der Waals surface area contributed by atoms with Crippen LogP contribution >= 0.6 is 0 Å². The molecule has 116 valence electrons. The molecule has 0 spiro atoms. The molecular formula is C16H26N4O. The highest BCUT2D eigenvalue weighted by Crippen LogP contribution is 2.40. The van der Waals surface area contributed by atoms with Gasteiger partial charge >= 0.3 is 0 Å². The molecule has 1 heterocycles. The van der Waals surface area contributed by atoms with Gasteiger partial charge in [0.15, 0.2) is 0 Å². The van der Waals surface area contributed by atoms with Gasteiger partial charge in [0.05, 0.1) is 12.1 Å². The molecule has 2 fully saturated rings. The van der Waals surface area contributed by atoms with E-state index in [1.807, 2.05) is 7.05 Å². The quantitative estimate of drug-likeness (QED) is 0.892. The Balaban J connectivity index is 1.93.